The molecule has 2 saturated heterocycles. The molecule has 6 aromatic rings. The number of nitrogens with zero attached hydrogens (tertiary/aromatic N) is 8. The lowest BCUT2D eigenvalue weighted by Gasteiger charge is -2.33. The van der Waals surface area contributed by atoms with Gasteiger partial charge in [-0.2, -0.15) is 19.1 Å². The normalized spacial score (nSPS) is 15.2. The molecule has 2 fully saturated rings. The summed E-state index contributed by atoms with van der Waals surface area (Å²) in [7, 11) is -7.41. The Balaban J connectivity index is 0.000000181. The summed E-state index contributed by atoms with van der Waals surface area (Å²) in [6.07, 6.45) is 0. The Kier molecular flexibility index (Phi) is 13.2. The first-order valence-electron chi connectivity index (χ1n) is 18.7. The molecular formula is C42H38Cl2N8O4S4. The molecule has 18 heteroatoms. The van der Waals surface area contributed by atoms with E-state index in [0.717, 1.165) is 32.8 Å². The predicted octanol–water partition coefficient (Wildman–Crippen LogP) is 8.31. The van der Waals surface area contributed by atoms with Gasteiger partial charge in [0.1, 0.15) is 12.1 Å². The van der Waals surface area contributed by atoms with E-state index in [-0.39, 0.29) is 20.9 Å². The fraction of sp³-hybridized carbons (Fsp3) is 0.238. The summed E-state index contributed by atoms with van der Waals surface area (Å²) in [4.78, 5) is 13.8. The molecule has 2 aliphatic heterocycles. The highest BCUT2D eigenvalue weighted by Crippen LogP contribution is 2.33. The fourth-order valence-electron chi connectivity index (χ4n) is 6.99. The van der Waals surface area contributed by atoms with Gasteiger partial charge < -0.3 is 9.80 Å². The smallest absolute Gasteiger partial charge is 0.244 e. The van der Waals surface area contributed by atoms with Crippen molar-refractivity contribution in [2.24, 2.45) is 0 Å². The number of aryl methyl sites for hydroxylation is 2. The Morgan fingerprint density at radius 2 is 0.950 bits per heavy atom. The quantitative estimate of drug-likeness (QED) is 0.146. The maximum Gasteiger partial charge on any atom is 0.244 e. The Labute approximate surface area is 368 Å². The Morgan fingerprint density at radius 1 is 0.567 bits per heavy atom. The molecule has 0 radical (unpaired) electrons. The largest absolute Gasteiger partial charge is 0.345 e. The second-order valence-electron chi connectivity index (χ2n) is 14.1. The van der Waals surface area contributed by atoms with Crippen molar-refractivity contribution < 1.29 is 16.8 Å². The van der Waals surface area contributed by atoms with Crippen molar-refractivity contribution >= 4 is 76.2 Å². The molecule has 0 atom stereocenters. The fourth-order valence-corrected chi connectivity index (χ4v) is 12.4. The number of rotatable bonds is 8. The molecule has 0 saturated carbocycles. The molecule has 0 unspecified atom stereocenters. The summed E-state index contributed by atoms with van der Waals surface area (Å²) in [5.74, 6) is 0. The minimum atomic E-state index is -3.72. The van der Waals surface area contributed by atoms with Gasteiger partial charge in [0.15, 0.2) is 10.3 Å². The van der Waals surface area contributed by atoms with E-state index in [4.69, 9.17) is 28.2 Å². The lowest BCUT2D eigenvalue weighted by atomic mass is 10.1. The number of hydrogen-bond acceptors (Lipinski definition) is 12. The van der Waals surface area contributed by atoms with Crippen molar-refractivity contribution in [3.8, 4) is 34.7 Å². The third-order valence-corrected chi connectivity index (χ3v) is 16.1. The molecule has 0 aliphatic carbocycles. The monoisotopic (exact) mass is 916 g/mol. The molecule has 0 N–H and O–H groups in total. The molecule has 60 heavy (non-hydrogen) atoms. The zero-order valence-corrected chi connectivity index (χ0v) is 37.3. The molecule has 0 bridgehead atoms. The lowest BCUT2D eigenvalue weighted by molar-refractivity contribution is 0.384. The van der Waals surface area contributed by atoms with E-state index >= 15 is 0 Å². The van der Waals surface area contributed by atoms with E-state index < -0.39 is 20.0 Å². The van der Waals surface area contributed by atoms with Crippen LogP contribution in [0.5, 0.6) is 0 Å². The number of thiazole rings is 2. The first-order chi connectivity index (χ1) is 28.8. The van der Waals surface area contributed by atoms with Gasteiger partial charge in [0.25, 0.3) is 0 Å². The second kappa shape index (κ2) is 18.4. The van der Waals surface area contributed by atoms with Crippen LogP contribution in [0.15, 0.2) is 105 Å². The van der Waals surface area contributed by atoms with Crippen LogP contribution in [0.4, 0.5) is 10.3 Å². The second-order valence-corrected chi connectivity index (χ2v) is 20.4. The first-order valence-corrected chi connectivity index (χ1v) is 24.1. The minimum Gasteiger partial charge on any atom is -0.345 e. The van der Waals surface area contributed by atoms with Gasteiger partial charge in [-0.3, -0.25) is 0 Å². The van der Waals surface area contributed by atoms with E-state index in [1.54, 1.807) is 41.7 Å². The van der Waals surface area contributed by atoms with Gasteiger partial charge in [0.05, 0.1) is 32.3 Å². The summed E-state index contributed by atoms with van der Waals surface area (Å²) in [6, 6.07) is 28.2. The van der Waals surface area contributed by atoms with E-state index in [1.807, 2.05) is 29.7 Å². The SMILES string of the molecule is Cc1cc(C)cc(-c2csc(N3CCN(S(=O)(=O)c4ccccc4C#N)CC3)n2)c1.N#Cc1ccccc1S(=O)(=O)N1CCN(c2nc(-c3cc(Cl)cc(Cl)c3)cs2)CC1. The van der Waals surface area contributed by atoms with E-state index in [0.29, 0.717) is 62.4 Å². The number of benzene rings is 4. The maximum absolute atomic E-state index is 13.0. The topological polar surface area (TPSA) is 155 Å². The molecule has 4 heterocycles. The molecule has 8 rings (SSSR count). The molecule has 308 valence electrons. The third kappa shape index (κ3) is 9.52. The molecule has 0 spiro atoms. The van der Waals surface area contributed by atoms with Crippen molar-refractivity contribution in [1.29, 1.82) is 10.5 Å². The zero-order valence-electron chi connectivity index (χ0n) is 32.5. The van der Waals surface area contributed by atoms with Crippen LogP contribution in [0, 0.1) is 36.5 Å². The van der Waals surface area contributed by atoms with Crippen LogP contribution < -0.4 is 9.80 Å². The van der Waals surface area contributed by atoms with Gasteiger partial charge in [-0.05, 0) is 68.4 Å². The van der Waals surface area contributed by atoms with Crippen LogP contribution in [-0.4, -0.2) is 87.8 Å². The van der Waals surface area contributed by atoms with Gasteiger partial charge in [-0.15, -0.1) is 22.7 Å². The molecule has 2 aliphatic rings. The molecular weight excluding hydrogens is 880 g/mol. The summed E-state index contributed by atoms with van der Waals surface area (Å²) < 4.78 is 54.9. The number of halogens is 2. The highest BCUT2D eigenvalue weighted by Gasteiger charge is 2.32. The van der Waals surface area contributed by atoms with Crippen LogP contribution in [0.3, 0.4) is 0 Å². The summed E-state index contributed by atoms with van der Waals surface area (Å²) in [5.41, 5.74) is 6.40. The van der Waals surface area contributed by atoms with Crippen LogP contribution in [-0.2, 0) is 20.0 Å². The molecule has 2 aromatic heterocycles. The lowest BCUT2D eigenvalue weighted by Crippen LogP contribution is -2.48. The number of aromatic nitrogens is 2. The molecule has 12 nitrogen and oxygen atoms in total. The number of sulfonamides is 2. The standard InChI is InChI=1S/C22H22N4O2S2.C20H16Cl2N4O2S2/c1-16-11-17(2)13-19(12-16)20-15-29-22(24-20)25-7-9-26(10-8-25)30(27,28)21-6-4-3-5-18(21)14-23;21-16-9-15(10-17(22)11-16)18-13-29-20(24-18)25-5-7-26(8-6-25)30(27,28)19-4-2-1-3-14(19)12-23/h3-6,11-13,15H,7-10H2,1-2H3;1-4,9-11,13H,5-8H2. The maximum atomic E-state index is 13.0. The average Bonchev–Trinajstić information content (AvgIpc) is 3.95. The van der Waals surface area contributed by atoms with Crippen molar-refractivity contribution in [1.82, 2.24) is 18.6 Å². The highest BCUT2D eigenvalue weighted by molar-refractivity contribution is 7.89. The number of piperazine rings is 2. The van der Waals surface area contributed by atoms with Crippen LogP contribution in [0.2, 0.25) is 10.0 Å². The van der Waals surface area contributed by atoms with Crippen molar-refractivity contribution in [2.75, 3.05) is 62.2 Å². The zero-order chi connectivity index (χ0) is 42.6. The number of hydrogen-bond donors (Lipinski definition) is 0. The van der Waals surface area contributed by atoms with E-state index in [9.17, 15) is 27.4 Å². The van der Waals surface area contributed by atoms with Crippen molar-refractivity contribution in [3.05, 3.63) is 128 Å². The van der Waals surface area contributed by atoms with Gasteiger partial charge >= 0.3 is 0 Å². The summed E-state index contributed by atoms with van der Waals surface area (Å²) >= 11 is 15.2. The number of anilines is 2. The van der Waals surface area contributed by atoms with Crippen LogP contribution in [0.1, 0.15) is 22.3 Å². The van der Waals surface area contributed by atoms with Gasteiger partial charge in [0, 0.05) is 84.3 Å². The van der Waals surface area contributed by atoms with Crippen molar-refractivity contribution in [2.45, 2.75) is 23.6 Å². The predicted molar refractivity (Wildman–Crippen MR) is 239 cm³/mol. The Bertz CT molecular complexity index is 2600. The molecule has 0 amide bonds. The highest BCUT2D eigenvalue weighted by atomic mass is 35.5. The Morgan fingerprint density at radius 3 is 1.35 bits per heavy atom. The van der Waals surface area contributed by atoms with Gasteiger partial charge in [-0.1, -0.05) is 64.7 Å². The van der Waals surface area contributed by atoms with E-state index in [1.165, 1.54) is 55.3 Å². The Hall–Kier alpha value is -4.88. The van der Waals surface area contributed by atoms with E-state index in [2.05, 4.69) is 52.2 Å². The van der Waals surface area contributed by atoms with Crippen molar-refractivity contribution in [3.63, 3.8) is 0 Å². The van der Waals surface area contributed by atoms with Gasteiger partial charge in [0.2, 0.25) is 20.0 Å². The molecule has 4 aromatic carbocycles. The average molecular weight is 918 g/mol. The van der Waals surface area contributed by atoms with Gasteiger partial charge in [-0.25, -0.2) is 26.8 Å². The number of nitriles is 2. The summed E-state index contributed by atoms with van der Waals surface area (Å²) in [5, 5.41) is 25.3. The first kappa shape index (κ1) is 43.2. The van der Waals surface area contributed by atoms with Crippen LogP contribution in [0.25, 0.3) is 22.5 Å². The summed E-state index contributed by atoms with van der Waals surface area (Å²) in [6.45, 7) is 7.67. The third-order valence-electron chi connectivity index (χ3n) is 9.93. The minimum absolute atomic E-state index is 0.0512. The van der Waals surface area contributed by atoms with Crippen LogP contribution >= 0.6 is 45.9 Å².